The third kappa shape index (κ3) is 2.98. The van der Waals surface area contributed by atoms with Crippen molar-refractivity contribution in [2.24, 2.45) is 11.7 Å². The molecule has 2 N–H and O–H groups in total. The molecule has 1 aromatic rings. The molecule has 7 heteroatoms. The number of sulfonamides is 1. The van der Waals surface area contributed by atoms with Crippen LogP contribution in [0.15, 0.2) is 23.1 Å². The van der Waals surface area contributed by atoms with Gasteiger partial charge in [-0.15, -0.1) is 0 Å². The molecular weight excluding hydrogens is 303 g/mol. The molecule has 1 fully saturated rings. The highest BCUT2D eigenvalue weighted by Crippen LogP contribution is 2.28. The van der Waals surface area contributed by atoms with E-state index in [-0.39, 0.29) is 16.0 Å². The highest BCUT2D eigenvalue weighted by molar-refractivity contribution is 7.89. The summed E-state index contributed by atoms with van der Waals surface area (Å²) in [5, 5.41) is -0.184. The van der Waals surface area contributed by atoms with Crippen LogP contribution < -0.4 is 5.73 Å². The molecule has 1 aromatic carbocycles. The number of piperidine rings is 1. The maximum atomic E-state index is 13.9. The summed E-state index contributed by atoms with van der Waals surface area (Å²) in [5.74, 6) is -0.575. The van der Waals surface area contributed by atoms with Gasteiger partial charge in [-0.05, 0) is 37.8 Å². The first kappa shape index (κ1) is 15.7. The van der Waals surface area contributed by atoms with Crippen molar-refractivity contribution in [3.05, 3.63) is 29.0 Å². The highest BCUT2D eigenvalue weighted by atomic mass is 35.5. The van der Waals surface area contributed by atoms with Gasteiger partial charge in [0.1, 0.15) is 4.90 Å². The van der Waals surface area contributed by atoms with Gasteiger partial charge in [0.05, 0.1) is 5.02 Å². The Morgan fingerprint density at radius 1 is 1.40 bits per heavy atom. The molecule has 1 unspecified atom stereocenters. The Labute approximate surface area is 123 Å². The fourth-order valence-corrected chi connectivity index (χ4v) is 4.25. The summed E-state index contributed by atoms with van der Waals surface area (Å²) in [7, 11) is -3.83. The number of nitrogens with zero attached hydrogens (tertiary/aromatic N) is 1. The minimum absolute atomic E-state index is 0.0442. The van der Waals surface area contributed by atoms with Crippen molar-refractivity contribution >= 4 is 21.6 Å². The molecule has 0 aromatic heterocycles. The normalized spacial score (nSPS) is 20.0. The lowest BCUT2D eigenvalue weighted by Crippen LogP contribution is -2.42. The van der Waals surface area contributed by atoms with E-state index in [1.165, 1.54) is 22.5 Å². The van der Waals surface area contributed by atoms with Gasteiger partial charge in [0.15, 0.2) is 5.82 Å². The topological polar surface area (TPSA) is 63.4 Å². The summed E-state index contributed by atoms with van der Waals surface area (Å²) in [6, 6.07) is 4.06. The van der Waals surface area contributed by atoms with E-state index < -0.39 is 15.8 Å². The van der Waals surface area contributed by atoms with Gasteiger partial charge in [0, 0.05) is 19.1 Å². The van der Waals surface area contributed by atoms with Crippen LogP contribution in [0.5, 0.6) is 0 Å². The second kappa shape index (κ2) is 5.97. The molecule has 0 saturated carbocycles. The summed E-state index contributed by atoms with van der Waals surface area (Å²) in [4.78, 5) is -0.357. The zero-order chi connectivity index (χ0) is 14.9. The molecule has 0 amide bonds. The lowest BCUT2D eigenvalue weighted by Gasteiger charge is -2.33. The average molecular weight is 321 g/mol. The highest BCUT2D eigenvalue weighted by Gasteiger charge is 2.32. The largest absolute Gasteiger partial charge is 0.328 e. The standard InChI is InChI=1S/C13H18ClFN2O2S/c1-9(16)10-5-7-17(8-6-10)20(18,19)12-4-2-3-11(14)13(12)15/h2-4,9-10H,5-8,16H2,1H3. The van der Waals surface area contributed by atoms with E-state index in [0.29, 0.717) is 31.8 Å². The number of halogens is 2. The van der Waals surface area contributed by atoms with Crippen LogP contribution >= 0.6 is 11.6 Å². The minimum Gasteiger partial charge on any atom is -0.328 e. The van der Waals surface area contributed by atoms with Crippen LogP contribution in [0.25, 0.3) is 0 Å². The molecule has 1 aliphatic heterocycles. The van der Waals surface area contributed by atoms with Gasteiger partial charge in [0.25, 0.3) is 0 Å². The molecule has 1 heterocycles. The van der Waals surface area contributed by atoms with Gasteiger partial charge >= 0.3 is 0 Å². The predicted molar refractivity (Wildman–Crippen MR) is 76.5 cm³/mol. The van der Waals surface area contributed by atoms with Crippen LogP contribution in [0.2, 0.25) is 5.02 Å². The van der Waals surface area contributed by atoms with Gasteiger partial charge in [-0.25, -0.2) is 12.8 Å². The maximum absolute atomic E-state index is 13.9. The summed E-state index contributed by atoms with van der Waals surface area (Å²) in [6.07, 6.45) is 1.39. The number of hydrogen-bond donors (Lipinski definition) is 1. The maximum Gasteiger partial charge on any atom is 0.246 e. The van der Waals surface area contributed by atoms with Gasteiger partial charge in [-0.1, -0.05) is 17.7 Å². The second-order valence-corrected chi connectivity index (χ2v) is 7.47. The van der Waals surface area contributed by atoms with Crippen molar-refractivity contribution < 1.29 is 12.8 Å². The summed E-state index contributed by atoms with van der Waals surface area (Å²) >= 11 is 5.65. The van der Waals surface area contributed by atoms with Crippen molar-refractivity contribution in [3.8, 4) is 0 Å². The van der Waals surface area contributed by atoms with Crippen molar-refractivity contribution in [3.63, 3.8) is 0 Å². The number of nitrogens with two attached hydrogens (primary N) is 1. The van der Waals surface area contributed by atoms with E-state index in [0.717, 1.165) is 0 Å². The Bertz CT molecular complexity index is 584. The van der Waals surface area contributed by atoms with Gasteiger partial charge < -0.3 is 5.73 Å². The number of rotatable bonds is 3. The van der Waals surface area contributed by atoms with Crippen molar-refractivity contribution in [1.82, 2.24) is 4.31 Å². The zero-order valence-corrected chi connectivity index (χ0v) is 12.8. The molecule has 1 atom stereocenters. The smallest absolute Gasteiger partial charge is 0.246 e. The fourth-order valence-electron chi connectivity index (χ4n) is 2.46. The average Bonchev–Trinajstić information content (AvgIpc) is 2.41. The molecule has 1 saturated heterocycles. The van der Waals surface area contributed by atoms with Crippen molar-refractivity contribution in [1.29, 1.82) is 0 Å². The molecular formula is C13H18ClFN2O2S. The lowest BCUT2D eigenvalue weighted by molar-refractivity contribution is 0.250. The van der Waals surface area contributed by atoms with Gasteiger partial charge in [-0.3, -0.25) is 0 Å². The Morgan fingerprint density at radius 3 is 2.55 bits per heavy atom. The number of benzene rings is 1. The molecule has 20 heavy (non-hydrogen) atoms. The van der Waals surface area contributed by atoms with Crippen molar-refractivity contribution in [2.75, 3.05) is 13.1 Å². The third-order valence-corrected chi connectivity index (χ3v) is 5.98. The van der Waals surface area contributed by atoms with E-state index in [2.05, 4.69) is 0 Å². The Morgan fingerprint density at radius 2 is 2.00 bits per heavy atom. The Hall–Kier alpha value is -0.690. The number of hydrogen-bond acceptors (Lipinski definition) is 3. The predicted octanol–water partition coefficient (Wildman–Crippen LogP) is 2.23. The second-order valence-electron chi connectivity index (χ2n) is 5.15. The van der Waals surface area contributed by atoms with Crippen LogP contribution in [0.3, 0.4) is 0 Å². The summed E-state index contributed by atoms with van der Waals surface area (Å²) in [6.45, 7) is 2.65. The van der Waals surface area contributed by atoms with Gasteiger partial charge in [0.2, 0.25) is 10.0 Å². The van der Waals surface area contributed by atoms with E-state index in [4.69, 9.17) is 17.3 Å². The lowest BCUT2D eigenvalue weighted by atomic mass is 9.92. The first-order valence-corrected chi connectivity index (χ1v) is 8.35. The Balaban J connectivity index is 2.22. The van der Waals surface area contributed by atoms with Crippen LogP contribution in [-0.2, 0) is 10.0 Å². The molecule has 4 nitrogen and oxygen atoms in total. The fraction of sp³-hybridized carbons (Fsp3) is 0.538. The Kier molecular flexibility index (Phi) is 4.69. The van der Waals surface area contributed by atoms with E-state index in [1.807, 2.05) is 6.92 Å². The first-order valence-electron chi connectivity index (χ1n) is 6.53. The molecule has 0 aliphatic carbocycles. The van der Waals surface area contributed by atoms with E-state index in [9.17, 15) is 12.8 Å². The molecule has 112 valence electrons. The monoisotopic (exact) mass is 320 g/mol. The van der Waals surface area contributed by atoms with Crippen LogP contribution in [0.4, 0.5) is 4.39 Å². The molecule has 0 bridgehead atoms. The molecule has 2 rings (SSSR count). The van der Waals surface area contributed by atoms with Crippen LogP contribution in [0.1, 0.15) is 19.8 Å². The van der Waals surface area contributed by atoms with E-state index in [1.54, 1.807) is 0 Å². The van der Waals surface area contributed by atoms with E-state index >= 15 is 0 Å². The summed E-state index contributed by atoms with van der Waals surface area (Å²) in [5.41, 5.74) is 5.83. The quantitative estimate of drug-likeness (QED) is 0.929. The zero-order valence-electron chi connectivity index (χ0n) is 11.2. The van der Waals surface area contributed by atoms with Gasteiger partial charge in [-0.2, -0.15) is 4.31 Å². The van der Waals surface area contributed by atoms with Crippen molar-refractivity contribution in [2.45, 2.75) is 30.7 Å². The molecule has 1 aliphatic rings. The molecule has 0 spiro atoms. The first-order chi connectivity index (χ1) is 9.34. The minimum atomic E-state index is -3.83. The van der Waals surface area contributed by atoms with Crippen LogP contribution in [-0.4, -0.2) is 31.9 Å². The summed E-state index contributed by atoms with van der Waals surface area (Å²) < 4.78 is 40.1. The molecule has 0 radical (unpaired) electrons. The third-order valence-electron chi connectivity index (χ3n) is 3.78. The van der Waals surface area contributed by atoms with Crippen LogP contribution in [0, 0.1) is 11.7 Å². The SMILES string of the molecule is CC(N)C1CCN(S(=O)(=O)c2cccc(Cl)c2F)CC1.